The van der Waals surface area contributed by atoms with Crippen LogP contribution < -0.4 is 4.74 Å². The molecule has 0 aromatic heterocycles. The van der Waals surface area contributed by atoms with Crippen molar-refractivity contribution in [1.29, 1.82) is 0 Å². The first-order chi connectivity index (χ1) is 7.17. The lowest BCUT2D eigenvalue weighted by Crippen LogP contribution is -2.34. The smallest absolute Gasteiger partial charge is 0.171 e. The average molecular weight is 210 g/mol. The van der Waals surface area contributed by atoms with Crippen molar-refractivity contribution in [1.82, 2.24) is 0 Å². The zero-order valence-corrected chi connectivity index (χ0v) is 8.79. The van der Waals surface area contributed by atoms with E-state index in [2.05, 4.69) is 0 Å². The highest BCUT2D eigenvalue weighted by Gasteiger charge is 2.39. The van der Waals surface area contributed by atoms with Crippen LogP contribution in [-0.4, -0.2) is 11.7 Å². The highest BCUT2D eigenvalue weighted by molar-refractivity contribution is 5.35. The first-order valence-corrected chi connectivity index (χ1v) is 5.31. The summed E-state index contributed by atoms with van der Waals surface area (Å²) in [4.78, 5) is 0. The average Bonchev–Trinajstić information content (AvgIpc) is 2.18. The summed E-state index contributed by atoms with van der Waals surface area (Å²) in [7, 11) is 0. The molecule has 0 unspecified atom stereocenters. The minimum atomic E-state index is -0.961. The van der Waals surface area contributed by atoms with E-state index < -0.39 is 11.4 Å². The molecule has 3 heteroatoms. The molecule has 1 aromatic rings. The molecule has 2 rings (SSSR count). The highest BCUT2D eigenvalue weighted by Crippen LogP contribution is 2.43. The molecule has 1 N–H and O–H groups in total. The van der Waals surface area contributed by atoms with E-state index in [1.807, 2.05) is 6.92 Å². The Bertz CT molecular complexity index is 359. The predicted molar refractivity (Wildman–Crippen MR) is 55.3 cm³/mol. The van der Waals surface area contributed by atoms with Gasteiger partial charge in [-0.1, -0.05) is 12.1 Å². The van der Waals surface area contributed by atoms with Gasteiger partial charge < -0.3 is 9.84 Å². The number of hydrogen-bond acceptors (Lipinski definition) is 2. The third kappa shape index (κ3) is 1.72. The minimum Gasteiger partial charge on any atom is -0.491 e. The van der Waals surface area contributed by atoms with E-state index in [-0.39, 0.29) is 5.75 Å². The second kappa shape index (κ2) is 3.81. The number of rotatable bonds is 3. The molecule has 0 saturated heterocycles. The summed E-state index contributed by atoms with van der Waals surface area (Å²) in [5.41, 5.74) is -0.586. The summed E-state index contributed by atoms with van der Waals surface area (Å²) < 4.78 is 19.0. The molecule has 15 heavy (non-hydrogen) atoms. The Labute approximate surface area is 88.7 Å². The summed E-state index contributed by atoms with van der Waals surface area (Å²) in [5.74, 6) is -0.183. The number of benzene rings is 1. The van der Waals surface area contributed by atoms with Crippen LogP contribution in [0.5, 0.6) is 5.75 Å². The van der Waals surface area contributed by atoms with E-state index in [4.69, 9.17) is 4.74 Å². The van der Waals surface area contributed by atoms with Gasteiger partial charge in [-0.05, 0) is 32.3 Å². The molecule has 0 aliphatic heterocycles. The van der Waals surface area contributed by atoms with Crippen LogP contribution in [0.1, 0.15) is 31.7 Å². The Balaban J connectivity index is 2.35. The molecule has 1 aliphatic carbocycles. The number of hydrogen-bond donors (Lipinski definition) is 1. The number of ether oxygens (including phenoxy) is 1. The zero-order valence-electron chi connectivity index (χ0n) is 8.79. The van der Waals surface area contributed by atoms with Gasteiger partial charge in [0.25, 0.3) is 0 Å². The van der Waals surface area contributed by atoms with E-state index in [9.17, 15) is 9.50 Å². The van der Waals surface area contributed by atoms with Gasteiger partial charge in [-0.3, -0.25) is 0 Å². The molecule has 82 valence electrons. The summed E-state index contributed by atoms with van der Waals surface area (Å²) >= 11 is 0. The van der Waals surface area contributed by atoms with Crippen molar-refractivity contribution < 1.29 is 14.2 Å². The second-order valence-electron chi connectivity index (χ2n) is 3.94. The van der Waals surface area contributed by atoms with Gasteiger partial charge in [0.05, 0.1) is 12.2 Å². The van der Waals surface area contributed by atoms with E-state index in [0.29, 0.717) is 25.0 Å². The Morgan fingerprint density at radius 1 is 1.47 bits per heavy atom. The van der Waals surface area contributed by atoms with Crippen molar-refractivity contribution in [2.75, 3.05) is 6.61 Å². The lowest BCUT2D eigenvalue weighted by molar-refractivity contribution is -0.0419. The van der Waals surface area contributed by atoms with Crippen LogP contribution in [-0.2, 0) is 5.60 Å². The van der Waals surface area contributed by atoms with E-state index in [1.54, 1.807) is 18.2 Å². The quantitative estimate of drug-likeness (QED) is 0.830. The fourth-order valence-corrected chi connectivity index (χ4v) is 1.92. The van der Waals surface area contributed by atoms with Gasteiger partial charge in [0.1, 0.15) is 0 Å². The summed E-state index contributed by atoms with van der Waals surface area (Å²) in [6.45, 7) is 2.24. The molecule has 0 atom stereocenters. The lowest BCUT2D eigenvalue weighted by atomic mass is 9.75. The molecule has 0 amide bonds. The highest BCUT2D eigenvalue weighted by atomic mass is 19.1. The van der Waals surface area contributed by atoms with Crippen molar-refractivity contribution in [3.05, 3.63) is 29.6 Å². The number of halogens is 1. The number of aliphatic hydroxyl groups is 1. The molecule has 1 fully saturated rings. The van der Waals surface area contributed by atoms with Gasteiger partial charge in [-0.15, -0.1) is 0 Å². The van der Waals surface area contributed by atoms with Crippen LogP contribution in [0.25, 0.3) is 0 Å². The van der Waals surface area contributed by atoms with Gasteiger partial charge in [-0.2, -0.15) is 0 Å². The Morgan fingerprint density at radius 3 is 2.73 bits per heavy atom. The standard InChI is InChI=1S/C12H15FO2/c1-2-15-10-6-3-5-9(11(10)13)12(14)7-4-8-12/h3,5-6,14H,2,4,7-8H2,1H3. The van der Waals surface area contributed by atoms with Crippen molar-refractivity contribution in [3.8, 4) is 5.75 Å². The Hall–Kier alpha value is -1.09. The summed E-state index contributed by atoms with van der Waals surface area (Å²) in [5, 5.41) is 10.1. The molecule has 2 nitrogen and oxygen atoms in total. The Morgan fingerprint density at radius 2 is 2.20 bits per heavy atom. The Kier molecular flexibility index (Phi) is 2.65. The van der Waals surface area contributed by atoms with Crippen LogP contribution in [0.15, 0.2) is 18.2 Å². The SMILES string of the molecule is CCOc1cccc(C2(O)CCC2)c1F. The third-order valence-corrected chi connectivity index (χ3v) is 2.95. The van der Waals surface area contributed by atoms with Crippen LogP contribution >= 0.6 is 0 Å². The molecule has 0 spiro atoms. The molecule has 0 bridgehead atoms. The maximum Gasteiger partial charge on any atom is 0.171 e. The molecule has 1 saturated carbocycles. The van der Waals surface area contributed by atoms with Gasteiger partial charge in [0.2, 0.25) is 0 Å². The van der Waals surface area contributed by atoms with Crippen molar-refractivity contribution in [3.63, 3.8) is 0 Å². The van der Waals surface area contributed by atoms with Crippen LogP contribution in [0.2, 0.25) is 0 Å². The molecule has 0 radical (unpaired) electrons. The van der Waals surface area contributed by atoms with Crippen LogP contribution in [0.4, 0.5) is 4.39 Å². The van der Waals surface area contributed by atoms with Crippen LogP contribution in [0, 0.1) is 5.82 Å². The van der Waals surface area contributed by atoms with Crippen molar-refractivity contribution in [2.24, 2.45) is 0 Å². The van der Waals surface area contributed by atoms with E-state index >= 15 is 0 Å². The molecular formula is C12H15FO2. The van der Waals surface area contributed by atoms with Gasteiger partial charge in [0.15, 0.2) is 11.6 Å². The summed E-state index contributed by atoms with van der Waals surface area (Å²) in [6.07, 6.45) is 2.23. The van der Waals surface area contributed by atoms with Crippen LogP contribution in [0.3, 0.4) is 0 Å². The normalized spacial score (nSPS) is 18.3. The van der Waals surface area contributed by atoms with E-state index in [0.717, 1.165) is 6.42 Å². The topological polar surface area (TPSA) is 29.5 Å². The van der Waals surface area contributed by atoms with Crippen molar-refractivity contribution >= 4 is 0 Å². The predicted octanol–water partition coefficient (Wildman–Crippen LogP) is 2.60. The lowest BCUT2D eigenvalue weighted by Gasteiger charge is -2.37. The molecule has 1 aliphatic rings. The molecule has 0 heterocycles. The molecule has 1 aromatic carbocycles. The van der Waals surface area contributed by atoms with Gasteiger partial charge in [-0.25, -0.2) is 4.39 Å². The summed E-state index contributed by atoms with van der Waals surface area (Å²) in [6, 6.07) is 4.95. The first kappa shape index (κ1) is 10.4. The van der Waals surface area contributed by atoms with Gasteiger partial charge in [0, 0.05) is 5.56 Å². The second-order valence-corrected chi connectivity index (χ2v) is 3.94. The maximum atomic E-state index is 13.9. The fourth-order valence-electron chi connectivity index (χ4n) is 1.92. The minimum absolute atomic E-state index is 0.232. The first-order valence-electron chi connectivity index (χ1n) is 5.31. The van der Waals surface area contributed by atoms with Gasteiger partial charge >= 0.3 is 0 Å². The van der Waals surface area contributed by atoms with E-state index in [1.165, 1.54) is 0 Å². The third-order valence-electron chi connectivity index (χ3n) is 2.95. The van der Waals surface area contributed by atoms with Crippen molar-refractivity contribution in [2.45, 2.75) is 31.8 Å². The monoisotopic (exact) mass is 210 g/mol. The molecular weight excluding hydrogens is 195 g/mol. The fraction of sp³-hybridized carbons (Fsp3) is 0.500. The largest absolute Gasteiger partial charge is 0.491 e. The zero-order chi connectivity index (χ0) is 10.9. The maximum absolute atomic E-state index is 13.9.